The highest BCUT2D eigenvalue weighted by molar-refractivity contribution is 5.71. The molecule has 488 valence electrons. The van der Waals surface area contributed by atoms with E-state index in [0.29, 0.717) is 17.4 Å². The molecule has 0 aromatic rings. The van der Waals surface area contributed by atoms with E-state index in [0.717, 1.165) is 51.4 Å². The van der Waals surface area contributed by atoms with Gasteiger partial charge in [0.1, 0.15) is 13.2 Å². The molecule has 83 heavy (non-hydrogen) atoms. The number of esters is 2. The van der Waals surface area contributed by atoms with Crippen molar-refractivity contribution in [1.82, 2.24) is 0 Å². The molecule has 0 bridgehead atoms. The van der Waals surface area contributed by atoms with E-state index < -0.39 is 18.4 Å². The highest BCUT2D eigenvalue weighted by Gasteiger charge is 2.25. The largest absolute Gasteiger partial charge is 0.477 e. The first-order valence-corrected chi connectivity index (χ1v) is 36.2. The Kier molecular flexibility index (Phi) is 63.5. The average Bonchev–Trinajstić information content (AvgIpc) is 3.46. The van der Waals surface area contributed by atoms with E-state index in [9.17, 15) is 19.5 Å². The van der Waals surface area contributed by atoms with Gasteiger partial charge in [0.25, 0.3) is 6.29 Å². The summed E-state index contributed by atoms with van der Waals surface area (Å²) in [6.07, 6.45) is 79.9. The maximum atomic E-state index is 12.9. The van der Waals surface area contributed by atoms with Crippen LogP contribution < -0.4 is 0 Å². The summed E-state index contributed by atoms with van der Waals surface area (Å²) in [5.41, 5.74) is 0. The van der Waals surface area contributed by atoms with Crippen LogP contribution in [0, 0.1) is 0 Å². The first-order chi connectivity index (χ1) is 40.6. The number of unbranched alkanes of at least 4 members (excludes halogenated alkanes) is 47. The number of hydrogen-bond acceptors (Lipinski definition) is 7. The fourth-order valence-electron chi connectivity index (χ4n) is 10.8. The van der Waals surface area contributed by atoms with Gasteiger partial charge in [0.2, 0.25) is 0 Å². The monoisotopic (exact) mass is 1170 g/mol. The third kappa shape index (κ3) is 66.9. The van der Waals surface area contributed by atoms with Gasteiger partial charge in [-0.05, 0) is 51.4 Å². The molecule has 0 aliphatic heterocycles. The molecule has 0 aliphatic rings. The number of rotatable bonds is 68. The zero-order valence-electron chi connectivity index (χ0n) is 55.9. The van der Waals surface area contributed by atoms with Crippen molar-refractivity contribution in [3.63, 3.8) is 0 Å². The molecule has 0 spiro atoms. The van der Waals surface area contributed by atoms with E-state index >= 15 is 0 Å². The van der Waals surface area contributed by atoms with Crippen LogP contribution in [0.1, 0.15) is 361 Å². The minimum atomic E-state index is -1.51. The van der Waals surface area contributed by atoms with Gasteiger partial charge in [0.15, 0.2) is 6.10 Å². The number of carbonyl (C=O) groups is 3. The van der Waals surface area contributed by atoms with Crippen molar-refractivity contribution < 1.29 is 42.9 Å². The van der Waals surface area contributed by atoms with Crippen molar-refractivity contribution in [1.29, 1.82) is 0 Å². The standard InChI is InChI=1S/C74H139NO8/c1-6-8-10-12-14-16-18-20-22-24-26-28-29-30-31-32-33-34-35-36-37-38-39-40-41-42-43-45-47-49-51-53-55-57-59-61-63-65-72(77)83-70(69-82-74(73(78)79)80-67-66-75(3,4)5)68-81-71(76)64-62-60-58-56-54-52-50-48-46-44-27-25-23-21-19-17-15-13-11-9-7-2/h18,20,24,26,29-30,70,74H,6-17,19,21-23,25,27-28,31-69H2,1-5H3/p+1/b20-18-,26-24-,30-29-. The number of carboxylic acid groups (broad SMARTS) is 1. The zero-order valence-corrected chi connectivity index (χ0v) is 55.9. The highest BCUT2D eigenvalue weighted by atomic mass is 16.7. The van der Waals surface area contributed by atoms with Gasteiger partial charge >= 0.3 is 17.9 Å². The van der Waals surface area contributed by atoms with Gasteiger partial charge in [0, 0.05) is 12.8 Å². The summed E-state index contributed by atoms with van der Waals surface area (Å²) in [6.45, 7) is 4.94. The van der Waals surface area contributed by atoms with Crippen molar-refractivity contribution in [3.8, 4) is 0 Å². The molecule has 9 nitrogen and oxygen atoms in total. The zero-order chi connectivity index (χ0) is 60.5. The van der Waals surface area contributed by atoms with E-state index in [1.807, 2.05) is 21.1 Å². The first kappa shape index (κ1) is 80.5. The molecule has 0 saturated carbocycles. The summed E-state index contributed by atoms with van der Waals surface area (Å²) in [5.74, 6) is -1.97. The SMILES string of the molecule is CCCCCCC/C=C\C/C=C\C/C=C\CCCCCCCCCCCCCCCCCCCCCCCCC(=O)OC(COC(=O)CCCCCCCCCCCCCCCCCCCCCCC)COC(OCC[N+](C)(C)C)C(=O)O. The molecule has 0 amide bonds. The smallest absolute Gasteiger partial charge is 0.361 e. The lowest BCUT2D eigenvalue weighted by atomic mass is 10.0. The van der Waals surface area contributed by atoms with Gasteiger partial charge in [-0.15, -0.1) is 0 Å². The van der Waals surface area contributed by atoms with Gasteiger partial charge in [-0.25, -0.2) is 4.79 Å². The van der Waals surface area contributed by atoms with Gasteiger partial charge in [0.05, 0.1) is 34.4 Å². The molecular weight excluding hydrogens is 1030 g/mol. The summed E-state index contributed by atoms with van der Waals surface area (Å²) in [5, 5.41) is 9.74. The third-order valence-electron chi connectivity index (χ3n) is 16.4. The topological polar surface area (TPSA) is 108 Å². The Morgan fingerprint density at radius 1 is 0.361 bits per heavy atom. The van der Waals surface area contributed by atoms with Crippen LogP contribution in [0.4, 0.5) is 0 Å². The Hall–Kier alpha value is -2.49. The molecular formula is C74H140NO8+. The quantitative estimate of drug-likeness (QED) is 0.0211. The number of likely N-dealkylation sites (N-methyl/N-ethyl adjacent to an activating group) is 1. The van der Waals surface area contributed by atoms with Crippen LogP contribution in [0.5, 0.6) is 0 Å². The maximum Gasteiger partial charge on any atom is 0.361 e. The van der Waals surface area contributed by atoms with E-state index in [4.69, 9.17) is 18.9 Å². The van der Waals surface area contributed by atoms with E-state index in [1.54, 1.807) is 0 Å². The predicted octanol–water partition coefficient (Wildman–Crippen LogP) is 22.4. The second-order valence-electron chi connectivity index (χ2n) is 25.9. The first-order valence-electron chi connectivity index (χ1n) is 36.2. The molecule has 0 radical (unpaired) electrons. The lowest BCUT2D eigenvalue weighted by Crippen LogP contribution is -2.40. The summed E-state index contributed by atoms with van der Waals surface area (Å²) in [6, 6.07) is 0. The lowest BCUT2D eigenvalue weighted by Gasteiger charge is -2.25. The second-order valence-corrected chi connectivity index (χ2v) is 25.9. The van der Waals surface area contributed by atoms with E-state index in [-0.39, 0.29) is 38.2 Å². The normalized spacial score (nSPS) is 12.8. The number of aliphatic carboxylic acids is 1. The molecule has 0 heterocycles. The van der Waals surface area contributed by atoms with Crippen LogP contribution >= 0.6 is 0 Å². The van der Waals surface area contributed by atoms with E-state index in [1.165, 1.54) is 283 Å². The Morgan fingerprint density at radius 2 is 0.651 bits per heavy atom. The number of allylic oxidation sites excluding steroid dienone is 6. The molecule has 0 saturated heterocycles. The second kappa shape index (κ2) is 65.5. The van der Waals surface area contributed by atoms with Crippen LogP contribution in [0.2, 0.25) is 0 Å². The minimum Gasteiger partial charge on any atom is -0.477 e. The van der Waals surface area contributed by atoms with Gasteiger partial charge < -0.3 is 28.5 Å². The fourth-order valence-corrected chi connectivity index (χ4v) is 10.8. The van der Waals surface area contributed by atoms with Crippen molar-refractivity contribution in [2.75, 3.05) is 47.5 Å². The van der Waals surface area contributed by atoms with Crippen LogP contribution in [-0.2, 0) is 33.3 Å². The maximum absolute atomic E-state index is 12.9. The number of quaternary nitrogens is 1. The van der Waals surface area contributed by atoms with Crippen LogP contribution in [0.15, 0.2) is 36.5 Å². The number of nitrogens with zero attached hydrogens (tertiary/aromatic N) is 1. The molecule has 0 rings (SSSR count). The van der Waals surface area contributed by atoms with Crippen molar-refractivity contribution in [2.45, 2.75) is 373 Å². The van der Waals surface area contributed by atoms with Gasteiger partial charge in [-0.1, -0.05) is 333 Å². The van der Waals surface area contributed by atoms with Crippen LogP contribution in [0.25, 0.3) is 0 Å². The Bertz CT molecular complexity index is 1450. The Balaban J connectivity index is 4.00. The highest BCUT2D eigenvalue weighted by Crippen LogP contribution is 2.19. The molecule has 0 aromatic carbocycles. The number of carbonyl (C=O) groups excluding carboxylic acids is 2. The predicted molar refractivity (Wildman–Crippen MR) is 355 cm³/mol. The summed E-state index contributed by atoms with van der Waals surface area (Å²) < 4.78 is 23.0. The number of ether oxygens (including phenoxy) is 4. The van der Waals surface area contributed by atoms with Crippen LogP contribution in [0.3, 0.4) is 0 Å². The number of hydrogen-bond donors (Lipinski definition) is 1. The average molecular weight is 1170 g/mol. The molecule has 9 heteroatoms. The molecule has 2 unspecified atom stereocenters. The Morgan fingerprint density at radius 3 is 0.964 bits per heavy atom. The lowest BCUT2D eigenvalue weighted by molar-refractivity contribution is -0.870. The molecule has 0 aliphatic carbocycles. The third-order valence-corrected chi connectivity index (χ3v) is 16.4. The van der Waals surface area contributed by atoms with Crippen molar-refractivity contribution in [2.24, 2.45) is 0 Å². The summed E-state index contributed by atoms with van der Waals surface area (Å²) in [4.78, 5) is 37.6. The van der Waals surface area contributed by atoms with Crippen molar-refractivity contribution in [3.05, 3.63) is 36.5 Å². The van der Waals surface area contributed by atoms with E-state index in [2.05, 4.69) is 50.3 Å². The van der Waals surface area contributed by atoms with Crippen molar-refractivity contribution >= 4 is 17.9 Å². The molecule has 2 atom stereocenters. The van der Waals surface area contributed by atoms with Crippen LogP contribution in [-0.4, -0.2) is 87.4 Å². The Labute approximate surface area is 515 Å². The molecule has 1 N–H and O–H groups in total. The summed E-state index contributed by atoms with van der Waals surface area (Å²) in [7, 11) is 5.99. The summed E-state index contributed by atoms with van der Waals surface area (Å²) >= 11 is 0. The molecule has 0 fully saturated rings. The fraction of sp³-hybridized carbons (Fsp3) is 0.878. The minimum absolute atomic E-state index is 0.175. The van der Waals surface area contributed by atoms with Gasteiger partial charge in [-0.2, -0.15) is 0 Å². The number of carboxylic acids is 1. The van der Waals surface area contributed by atoms with Gasteiger partial charge in [-0.3, -0.25) is 9.59 Å². The molecule has 0 aromatic heterocycles.